The van der Waals surface area contributed by atoms with Gasteiger partial charge in [-0.3, -0.25) is 4.98 Å². The van der Waals surface area contributed by atoms with E-state index in [1.54, 1.807) is 18.2 Å². The molecular formula is C18H13NS. The van der Waals surface area contributed by atoms with Gasteiger partial charge < -0.3 is 0 Å². The van der Waals surface area contributed by atoms with Gasteiger partial charge in [-0.25, -0.2) is 0 Å². The van der Waals surface area contributed by atoms with Gasteiger partial charge in [0.1, 0.15) is 0 Å². The van der Waals surface area contributed by atoms with Crippen molar-refractivity contribution < 1.29 is 13.7 Å². The van der Waals surface area contributed by atoms with Gasteiger partial charge in [-0.15, -0.1) is 11.3 Å². The number of aromatic nitrogens is 1. The quantitative estimate of drug-likeness (QED) is 0.455. The summed E-state index contributed by atoms with van der Waals surface area (Å²) in [6, 6.07) is 2.58. The smallest absolute Gasteiger partial charge is 0.0840 e. The summed E-state index contributed by atoms with van der Waals surface area (Å²) in [7, 11) is 0. The number of fused-ring (bicyclic) bond motifs is 3. The van der Waals surface area contributed by atoms with Crippen LogP contribution in [0.1, 0.15) is 19.3 Å². The van der Waals surface area contributed by atoms with Gasteiger partial charge in [0.25, 0.3) is 0 Å². The summed E-state index contributed by atoms with van der Waals surface area (Å²) in [6.45, 7) is -2.72. The maximum absolute atomic E-state index is 8.45. The lowest BCUT2D eigenvalue weighted by molar-refractivity contribution is 1.33. The minimum atomic E-state index is -2.72. The second-order valence-corrected chi connectivity index (χ2v) is 5.21. The molecular weight excluding hydrogens is 262 g/mol. The first kappa shape index (κ1) is 5.30. The summed E-state index contributed by atoms with van der Waals surface area (Å²) in [4.78, 5) is 4.00. The number of thiophene rings is 1. The van der Waals surface area contributed by atoms with E-state index in [9.17, 15) is 0 Å². The molecule has 4 aromatic rings. The highest BCUT2D eigenvalue weighted by Gasteiger charge is 2.10. The molecule has 20 heavy (non-hydrogen) atoms. The summed E-state index contributed by atoms with van der Waals surface area (Å²) < 4.78 is 80.3. The molecule has 0 aliphatic rings. The molecule has 0 aliphatic heterocycles. The summed E-state index contributed by atoms with van der Waals surface area (Å²) in [5, 5.41) is 0.718. The van der Waals surface area contributed by atoms with Gasteiger partial charge in [0.05, 0.1) is 15.3 Å². The Hall–Kier alpha value is -2.19. The zero-order chi connectivity index (χ0) is 22.1. The molecule has 2 aromatic carbocycles. The van der Waals surface area contributed by atoms with Gasteiger partial charge in [-0.2, -0.15) is 0 Å². The Balaban J connectivity index is 2.17. The van der Waals surface area contributed by atoms with Crippen LogP contribution in [0.15, 0.2) is 60.6 Å². The third-order valence-electron chi connectivity index (χ3n) is 2.99. The number of hydrogen-bond acceptors (Lipinski definition) is 2. The third kappa shape index (κ3) is 1.73. The van der Waals surface area contributed by atoms with Crippen LogP contribution in [-0.2, 0) is 0 Å². The lowest BCUT2D eigenvalue weighted by atomic mass is 10.1. The molecule has 0 saturated heterocycles. The van der Waals surface area contributed by atoms with Gasteiger partial charge in [0.15, 0.2) is 0 Å². The van der Waals surface area contributed by atoms with Gasteiger partial charge in [-0.05, 0) is 31.0 Å². The zero-order valence-corrected chi connectivity index (χ0v) is 10.9. The molecule has 0 unspecified atom stereocenters. The maximum atomic E-state index is 8.45. The molecule has 2 aromatic heterocycles. The van der Waals surface area contributed by atoms with Crippen LogP contribution in [-0.4, -0.2) is 4.98 Å². The standard InChI is InChI=1S/C18H13NS/c1-12-8-9-17-15(11-12)13-5-4-6-14(18(13)20-17)16-7-2-3-10-19-16/h2-11H,1H3/i1D3,2D,3D,7D,8D,9D,10D,11D. The van der Waals surface area contributed by atoms with Crippen LogP contribution in [0.4, 0.5) is 0 Å². The molecule has 0 radical (unpaired) electrons. The van der Waals surface area contributed by atoms with Crippen LogP contribution in [0, 0.1) is 6.85 Å². The fourth-order valence-corrected chi connectivity index (χ4v) is 3.28. The van der Waals surface area contributed by atoms with Crippen LogP contribution in [0.2, 0.25) is 0 Å². The Morgan fingerprint density at radius 1 is 1.15 bits per heavy atom. The van der Waals surface area contributed by atoms with E-state index in [1.165, 1.54) is 0 Å². The first-order valence-corrected chi connectivity index (χ1v) is 6.67. The van der Waals surface area contributed by atoms with Crippen LogP contribution < -0.4 is 0 Å². The van der Waals surface area contributed by atoms with Crippen molar-refractivity contribution in [2.75, 3.05) is 0 Å². The molecule has 0 aliphatic carbocycles. The van der Waals surface area contributed by atoms with Crippen molar-refractivity contribution in [3.05, 3.63) is 66.2 Å². The molecule has 96 valence electrons. The van der Waals surface area contributed by atoms with E-state index in [-0.39, 0.29) is 33.9 Å². The highest BCUT2D eigenvalue weighted by molar-refractivity contribution is 7.26. The SMILES string of the molecule is [2H]c1nc(-c2cccc3c2sc2c([2H])c([2H])c(C([2H])([2H])[2H])c([2H])c23)c([2H])c([2H])c1[2H]. The molecule has 1 nitrogen and oxygen atoms in total. The molecule has 0 bridgehead atoms. The number of hydrogen-bond donors (Lipinski definition) is 0. The predicted octanol–water partition coefficient (Wildman–Crippen LogP) is 5.42. The van der Waals surface area contributed by atoms with Crippen molar-refractivity contribution in [2.24, 2.45) is 0 Å². The average molecular weight is 285 g/mol. The number of benzene rings is 2. The van der Waals surface area contributed by atoms with E-state index in [1.807, 2.05) is 0 Å². The molecule has 0 saturated carbocycles. The molecule has 2 heteroatoms. The van der Waals surface area contributed by atoms with Crippen molar-refractivity contribution in [3.8, 4) is 11.3 Å². The first-order chi connectivity index (χ1) is 13.9. The average Bonchev–Trinajstić information content (AvgIpc) is 3.06. The Bertz CT molecular complexity index is 1360. The van der Waals surface area contributed by atoms with Crippen molar-refractivity contribution in [1.82, 2.24) is 4.98 Å². The molecule has 0 fully saturated rings. The van der Waals surface area contributed by atoms with Gasteiger partial charge in [0, 0.05) is 36.0 Å². The normalized spacial score (nSPS) is 19.0. The molecule has 0 atom stereocenters. The summed E-state index contributed by atoms with van der Waals surface area (Å²) in [6.07, 6.45) is -0.440. The zero-order valence-electron chi connectivity index (χ0n) is 20.1. The summed E-state index contributed by atoms with van der Waals surface area (Å²) in [5.41, 5.74) is -0.0651. The number of pyridine rings is 1. The van der Waals surface area contributed by atoms with Gasteiger partial charge in [-0.1, -0.05) is 35.8 Å². The topological polar surface area (TPSA) is 12.9 Å². The molecule has 0 N–H and O–H groups in total. The lowest BCUT2D eigenvalue weighted by Gasteiger charge is -2.01. The van der Waals surface area contributed by atoms with Crippen LogP contribution in [0.25, 0.3) is 31.4 Å². The van der Waals surface area contributed by atoms with Crippen LogP contribution in [0.5, 0.6) is 0 Å². The highest BCUT2D eigenvalue weighted by atomic mass is 32.1. The number of nitrogens with zero attached hydrogens (tertiary/aromatic N) is 1. The molecule has 0 amide bonds. The first-order valence-electron chi connectivity index (χ1n) is 10.8. The minimum Gasteiger partial charge on any atom is -0.256 e. The highest BCUT2D eigenvalue weighted by Crippen LogP contribution is 2.39. The van der Waals surface area contributed by atoms with E-state index < -0.39 is 36.7 Å². The Labute approximate surface area is 135 Å². The van der Waals surface area contributed by atoms with E-state index in [0.717, 1.165) is 11.3 Å². The van der Waals surface area contributed by atoms with E-state index in [4.69, 9.17) is 13.7 Å². The summed E-state index contributed by atoms with van der Waals surface area (Å²) in [5.74, 6) is 0. The Morgan fingerprint density at radius 3 is 3.10 bits per heavy atom. The second kappa shape index (κ2) is 4.43. The van der Waals surface area contributed by atoms with Crippen molar-refractivity contribution in [1.29, 1.82) is 0 Å². The third-order valence-corrected chi connectivity index (χ3v) is 4.14. The van der Waals surface area contributed by atoms with E-state index in [2.05, 4.69) is 4.98 Å². The largest absolute Gasteiger partial charge is 0.256 e. The summed E-state index contributed by atoms with van der Waals surface area (Å²) >= 11 is 1.08. The second-order valence-electron chi connectivity index (χ2n) is 4.19. The molecule has 4 rings (SSSR count). The fraction of sp³-hybridized carbons (Fsp3) is 0.0556. The fourth-order valence-electron chi connectivity index (χ4n) is 2.15. The maximum Gasteiger partial charge on any atom is 0.0840 e. The van der Waals surface area contributed by atoms with Crippen molar-refractivity contribution in [3.63, 3.8) is 0 Å². The van der Waals surface area contributed by atoms with Gasteiger partial charge >= 0.3 is 0 Å². The monoisotopic (exact) mass is 285 g/mol. The molecule has 0 spiro atoms. The van der Waals surface area contributed by atoms with Crippen molar-refractivity contribution in [2.45, 2.75) is 6.85 Å². The van der Waals surface area contributed by atoms with Crippen LogP contribution in [0.3, 0.4) is 0 Å². The van der Waals surface area contributed by atoms with E-state index >= 15 is 0 Å². The van der Waals surface area contributed by atoms with Crippen LogP contribution >= 0.6 is 11.3 Å². The van der Waals surface area contributed by atoms with E-state index in [0.29, 0.717) is 15.6 Å². The minimum absolute atomic E-state index is 0.0263. The predicted molar refractivity (Wildman–Crippen MR) is 87.3 cm³/mol. The van der Waals surface area contributed by atoms with Gasteiger partial charge in [0.2, 0.25) is 0 Å². The lowest BCUT2D eigenvalue weighted by Crippen LogP contribution is -1.81. The Kier molecular flexibility index (Phi) is 1.17. The van der Waals surface area contributed by atoms with Crippen molar-refractivity contribution >= 4 is 31.5 Å². The molecule has 2 heterocycles. The number of rotatable bonds is 1. The Morgan fingerprint density at radius 2 is 2.15 bits per heavy atom.